The van der Waals surface area contributed by atoms with Crippen LogP contribution in [0.2, 0.25) is 0 Å². The molecule has 1 heterocycles. The number of rotatable bonds is 4. The zero-order valence-corrected chi connectivity index (χ0v) is 16.8. The van der Waals surface area contributed by atoms with Crippen LogP contribution < -0.4 is 5.32 Å². The van der Waals surface area contributed by atoms with Crippen LogP contribution in [0, 0.1) is 11.3 Å². The normalized spacial score (nSPS) is 17.5. The molecule has 1 atom stereocenters. The molecular formula is C20H29N5O2. The first-order valence-corrected chi connectivity index (χ1v) is 9.17. The molecule has 0 aliphatic carbocycles. The molecule has 1 amide bonds. The molecule has 1 aliphatic heterocycles. The van der Waals surface area contributed by atoms with E-state index in [0.29, 0.717) is 24.3 Å². The Morgan fingerprint density at radius 2 is 2.19 bits per heavy atom. The molecule has 146 valence electrons. The average Bonchev–Trinajstić information content (AvgIpc) is 2.59. The Bertz CT molecular complexity index is 731. The standard InChI is InChI=1S/C20H29N5O2/c1-20(2,3)27-19(26)25-10-6-7-17(13-25)23-16-8-9-18(15(11-16)12-21)22-14-24(4)5/h8-9,11,14,17,23H,6-7,10,13H2,1-5H3/t17-/m1/s1. The van der Waals surface area contributed by atoms with Crippen molar-refractivity contribution in [3.05, 3.63) is 23.8 Å². The zero-order chi connectivity index (χ0) is 20.0. The highest BCUT2D eigenvalue weighted by atomic mass is 16.6. The van der Waals surface area contributed by atoms with Crippen LogP contribution in [0.15, 0.2) is 23.2 Å². The molecule has 0 radical (unpaired) electrons. The summed E-state index contributed by atoms with van der Waals surface area (Å²) in [5.41, 5.74) is 1.50. The minimum atomic E-state index is -0.498. The molecule has 0 spiro atoms. The number of anilines is 1. The maximum Gasteiger partial charge on any atom is 0.410 e. The van der Waals surface area contributed by atoms with Gasteiger partial charge in [-0.15, -0.1) is 0 Å². The highest BCUT2D eigenvalue weighted by Gasteiger charge is 2.27. The van der Waals surface area contributed by atoms with E-state index in [1.165, 1.54) is 0 Å². The SMILES string of the molecule is CN(C)C=Nc1ccc(N[C@@H]2CCCN(C(=O)OC(C)(C)C)C2)cc1C#N. The third-order valence-corrected chi connectivity index (χ3v) is 3.99. The lowest BCUT2D eigenvalue weighted by molar-refractivity contribution is 0.0206. The van der Waals surface area contributed by atoms with Gasteiger partial charge in [-0.3, -0.25) is 0 Å². The quantitative estimate of drug-likeness (QED) is 0.646. The fourth-order valence-electron chi connectivity index (χ4n) is 2.83. The van der Waals surface area contributed by atoms with E-state index in [2.05, 4.69) is 16.4 Å². The summed E-state index contributed by atoms with van der Waals surface area (Å²) in [6.07, 6.45) is 3.26. The number of piperidine rings is 1. The van der Waals surface area contributed by atoms with Gasteiger partial charge in [0.1, 0.15) is 11.7 Å². The fraction of sp³-hybridized carbons (Fsp3) is 0.550. The van der Waals surface area contributed by atoms with Gasteiger partial charge in [-0.1, -0.05) is 0 Å². The molecular weight excluding hydrogens is 342 g/mol. The van der Waals surface area contributed by atoms with Crippen molar-refractivity contribution in [2.75, 3.05) is 32.5 Å². The Kier molecular flexibility index (Phi) is 6.67. The van der Waals surface area contributed by atoms with Crippen molar-refractivity contribution in [2.45, 2.75) is 45.3 Å². The lowest BCUT2D eigenvalue weighted by Crippen LogP contribution is -2.46. The minimum absolute atomic E-state index is 0.119. The molecule has 0 bridgehead atoms. The van der Waals surface area contributed by atoms with E-state index in [4.69, 9.17) is 4.74 Å². The van der Waals surface area contributed by atoms with Crippen molar-refractivity contribution < 1.29 is 9.53 Å². The summed E-state index contributed by atoms with van der Waals surface area (Å²) in [5, 5.41) is 12.8. The molecule has 0 aromatic heterocycles. The van der Waals surface area contributed by atoms with Crippen LogP contribution in [-0.2, 0) is 4.74 Å². The predicted octanol–water partition coefficient (Wildman–Crippen LogP) is 3.59. The van der Waals surface area contributed by atoms with Crippen LogP contribution in [0.25, 0.3) is 0 Å². The summed E-state index contributed by atoms with van der Waals surface area (Å²) in [6.45, 7) is 6.89. The van der Waals surface area contributed by atoms with Gasteiger partial charge in [0.05, 0.1) is 17.6 Å². The number of likely N-dealkylation sites (tertiary alicyclic amines) is 1. The van der Waals surface area contributed by atoms with E-state index in [9.17, 15) is 10.1 Å². The van der Waals surface area contributed by atoms with Gasteiger partial charge in [-0.25, -0.2) is 9.79 Å². The second-order valence-corrected chi connectivity index (χ2v) is 7.96. The van der Waals surface area contributed by atoms with Crippen molar-refractivity contribution in [3.8, 4) is 6.07 Å². The van der Waals surface area contributed by atoms with Crippen molar-refractivity contribution in [1.29, 1.82) is 5.26 Å². The number of aliphatic imine (C=N–C) groups is 1. The first-order valence-electron chi connectivity index (χ1n) is 9.17. The number of hydrogen-bond donors (Lipinski definition) is 1. The highest BCUT2D eigenvalue weighted by molar-refractivity contribution is 5.69. The maximum atomic E-state index is 12.3. The number of hydrogen-bond acceptors (Lipinski definition) is 5. The smallest absolute Gasteiger partial charge is 0.410 e. The van der Waals surface area contributed by atoms with Gasteiger partial charge < -0.3 is 19.9 Å². The molecule has 1 aromatic rings. The monoisotopic (exact) mass is 371 g/mol. The van der Waals surface area contributed by atoms with Crippen LogP contribution in [0.3, 0.4) is 0 Å². The molecule has 1 fully saturated rings. The molecule has 1 N–H and O–H groups in total. The summed E-state index contributed by atoms with van der Waals surface area (Å²) in [5.74, 6) is 0. The third-order valence-electron chi connectivity index (χ3n) is 3.99. The predicted molar refractivity (Wildman–Crippen MR) is 107 cm³/mol. The Morgan fingerprint density at radius 1 is 1.44 bits per heavy atom. The molecule has 2 rings (SSSR count). The topological polar surface area (TPSA) is 81.0 Å². The summed E-state index contributed by atoms with van der Waals surface area (Å²) in [6, 6.07) is 7.85. The summed E-state index contributed by atoms with van der Waals surface area (Å²) in [7, 11) is 3.76. The Hall–Kier alpha value is -2.75. The third kappa shape index (κ3) is 6.48. The molecule has 1 aliphatic rings. The van der Waals surface area contributed by atoms with E-state index < -0.39 is 5.60 Å². The zero-order valence-electron chi connectivity index (χ0n) is 16.8. The fourth-order valence-corrected chi connectivity index (χ4v) is 2.83. The van der Waals surface area contributed by atoms with Gasteiger partial charge >= 0.3 is 6.09 Å². The largest absolute Gasteiger partial charge is 0.444 e. The van der Waals surface area contributed by atoms with Crippen molar-refractivity contribution >= 4 is 23.8 Å². The number of amides is 1. The Morgan fingerprint density at radius 3 is 2.81 bits per heavy atom. The lowest BCUT2D eigenvalue weighted by atomic mass is 10.1. The van der Waals surface area contributed by atoms with Gasteiger partial charge in [0.2, 0.25) is 0 Å². The van der Waals surface area contributed by atoms with Crippen LogP contribution in [-0.4, -0.2) is 61.1 Å². The van der Waals surface area contributed by atoms with Crippen LogP contribution in [0.1, 0.15) is 39.2 Å². The Labute approximate surface area is 161 Å². The number of carbonyl (C=O) groups excluding carboxylic acids is 1. The maximum absolute atomic E-state index is 12.3. The number of nitriles is 1. The van der Waals surface area contributed by atoms with E-state index in [-0.39, 0.29) is 12.1 Å². The first-order chi connectivity index (χ1) is 12.7. The second-order valence-electron chi connectivity index (χ2n) is 7.96. The number of ether oxygens (including phenoxy) is 1. The van der Waals surface area contributed by atoms with E-state index in [1.54, 1.807) is 17.3 Å². The summed E-state index contributed by atoms with van der Waals surface area (Å²) >= 11 is 0. The lowest BCUT2D eigenvalue weighted by Gasteiger charge is -2.34. The Balaban J connectivity index is 2.04. The van der Waals surface area contributed by atoms with Crippen molar-refractivity contribution in [1.82, 2.24) is 9.80 Å². The number of benzene rings is 1. The van der Waals surface area contributed by atoms with Gasteiger partial charge in [0, 0.05) is 38.9 Å². The van der Waals surface area contributed by atoms with E-state index in [0.717, 1.165) is 18.5 Å². The molecule has 7 nitrogen and oxygen atoms in total. The molecule has 1 aromatic carbocycles. The minimum Gasteiger partial charge on any atom is -0.444 e. The van der Waals surface area contributed by atoms with Crippen molar-refractivity contribution in [3.63, 3.8) is 0 Å². The van der Waals surface area contributed by atoms with E-state index >= 15 is 0 Å². The average molecular weight is 371 g/mol. The molecule has 7 heteroatoms. The summed E-state index contributed by atoms with van der Waals surface area (Å²) < 4.78 is 5.47. The molecule has 0 saturated carbocycles. The molecule has 0 unspecified atom stereocenters. The van der Waals surface area contributed by atoms with Crippen molar-refractivity contribution in [2.24, 2.45) is 4.99 Å². The van der Waals surface area contributed by atoms with Gasteiger partial charge in [0.25, 0.3) is 0 Å². The summed E-state index contributed by atoms with van der Waals surface area (Å²) in [4.78, 5) is 20.2. The van der Waals surface area contributed by atoms with Crippen LogP contribution in [0.4, 0.5) is 16.2 Å². The second kappa shape index (κ2) is 8.76. The number of nitrogens with zero attached hydrogens (tertiary/aromatic N) is 4. The molecule has 27 heavy (non-hydrogen) atoms. The van der Waals surface area contributed by atoms with Gasteiger partial charge in [-0.2, -0.15) is 5.26 Å². The molecule has 1 saturated heterocycles. The van der Waals surface area contributed by atoms with Gasteiger partial charge in [0.15, 0.2) is 0 Å². The number of carbonyl (C=O) groups is 1. The number of nitrogens with one attached hydrogen (secondary N) is 1. The van der Waals surface area contributed by atoms with E-state index in [1.807, 2.05) is 51.9 Å². The highest BCUT2D eigenvalue weighted by Crippen LogP contribution is 2.24. The van der Waals surface area contributed by atoms with Crippen LogP contribution >= 0.6 is 0 Å². The van der Waals surface area contributed by atoms with Gasteiger partial charge in [-0.05, 0) is 51.8 Å². The first kappa shape index (κ1) is 20.6. The van der Waals surface area contributed by atoms with Crippen LogP contribution in [0.5, 0.6) is 0 Å².